The molecule has 1 aliphatic heterocycles. The van der Waals surface area contributed by atoms with E-state index in [0.29, 0.717) is 6.04 Å². The van der Waals surface area contributed by atoms with Crippen LogP contribution in [0.25, 0.3) is 10.8 Å². The fourth-order valence-corrected chi connectivity index (χ4v) is 2.82. The molecule has 20 heavy (non-hydrogen) atoms. The quantitative estimate of drug-likeness (QED) is 0.897. The van der Waals surface area contributed by atoms with Crippen molar-refractivity contribution < 1.29 is 4.74 Å². The summed E-state index contributed by atoms with van der Waals surface area (Å²) in [4.78, 5) is 4.47. The predicted octanol–water partition coefficient (Wildman–Crippen LogP) is 2.80. The molecule has 0 saturated carbocycles. The van der Waals surface area contributed by atoms with Crippen molar-refractivity contribution in [1.29, 1.82) is 0 Å². The van der Waals surface area contributed by atoms with Gasteiger partial charge in [0.05, 0.1) is 7.11 Å². The second-order valence-electron chi connectivity index (χ2n) is 5.24. The maximum Gasteiger partial charge on any atom is 0.134 e. The van der Waals surface area contributed by atoms with E-state index in [9.17, 15) is 0 Å². The number of hydrogen-bond acceptors (Lipinski definition) is 4. The molecule has 106 valence electrons. The molecule has 0 spiro atoms. The van der Waals surface area contributed by atoms with Crippen LogP contribution in [0.5, 0.6) is 5.75 Å². The van der Waals surface area contributed by atoms with E-state index in [1.807, 2.05) is 24.4 Å². The first-order chi connectivity index (χ1) is 9.88. The van der Waals surface area contributed by atoms with Crippen LogP contribution in [0.3, 0.4) is 0 Å². The zero-order valence-electron chi connectivity index (χ0n) is 11.9. The van der Waals surface area contributed by atoms with Gasteiger partial charge in [-0.2, -0.15) is 0 Å². The fraction of sp³-hybridized carbons (Fsp3) is 0.438. The van der Waals surface area contributed by atoms with Crippen LogP contribution in [-0.2, 0) is 0 Å². The summed E-state index contributed by atoms with van der Waals surface area (Å²) in [6, 6.07) is 8.62. The molecule has 4 nitrogen and oxygen atoms in total. The number of aromatic nitrogens is 1. The standard InChI is InChI=1S/C16H21N3O/c1-20-15-7-4-6-14-13(15)8-10-18-16(14)19-11-12-5-2-3-9-17-12/h4,6-8,10,12,17H,2-3,5,9,11H2,1H3,(H,18,19). The number of anilines is 1. The molecule has 0 aliphatic carbocycles. The summed E-state index contributed by atoms with van der Waals surface area (Å²) in [5.74, 6) is 1.83. The summed E-state index contributed by atoms with van der Waals surface area (Å²) < 4.78 is 5.41. The third-order valence-corrected chi connectivity index (χ3v) is 3.91. The molecule has 0 bridgehead atoms. The minimum Gasteiger partial charge on any atom is -0.496 e. The SMILES string of the molecule is COc1cccc2c(NCC3CCCCN3)nccc12. The summed E-state index contributed by atoms with van der Waals surface area (Å²) in [6.45, 7) is 2.05. The minimum absolute atomic E-state index is 0.548. The molecule has 4 heteroatoms. The van der Waals surface area contributed by atoms with Gasteiger partial charge in [0.1, 0.15) is 11.6 Å². The molecule has 0 amide bonds. The lowest BCUT2D eigenvalue weighted by Gasteiger charge is -2.24. The highest BCUT2D eigenvalue weighted by Gasteiger charge is 2.13. The Labute approximate surface area is 119 Å². The zero-order valence-corrected chi connectivity index (χ0v) is 11.9. The highest BCUT2D eigenvalue weighted by molar-refractivity contribution is 5.95. The van der Waals surface area contributed by atoms with E-state index >= 15 is 0 Å². The Balaban J connectivity index is 1.80. The topological polar surface area (TPSA) is 46.2 Å². The van der Waals surface area contributed by atoms with Gasteiger partial charge in [-0.1, -0.05) is 18.6 Å². The van der Waals surface area contributed by atoms with E-state index in [4.69, 9.17) is 4.74 Å². The normalized spacial score (nSPS) is 18.9. The summed E-state index contributed by atoms with van der Waals surface area (Å²) in [6.07, 6.45) is 5.68. The van der Waals surface area contributed by atoms with Crippen molar-refractivity contribution in [2.24, 2.45) is 0 Å². The third-order valence-electron chi connectivity index (χ3n) is 3.91. The first-order valence-electron chi connectivity index (χ1n) is 7.27. The number of ether oxygens (including phenoxy) is 1. The van der Waals surface area contributed by atoms with Crippen LogP contribution in [0.4, 0.5) is 5.82 Å². The van der Waals surface area contributed by atoms with Gasteiger partial charge in [0.2, 0.25) is 0 Å². The lowest BCUT2D eigenvalue weighted by Crippen LogP contribution is -2.39. The molecule has 1 aromatic heterocycles. The van der Waals surface area contributed by atoms with E-state index in [2.05, 4.69) is 21.7 Å². The van der Waals surface area contributed by atoms with E-state index in [-0.39, 0.29) is 0 Å². The average Bonchev–Trinajstić information content (AvgIpc) is 2.53. The van der Waals surface area contributed by atoms with Gasteiger partial charge in [0, 0.05) is 29.6 Å². The Morgan fingerprint density at radius 2 is 2.25 bits per heavy atom. The summed E-state index contributed by atoms with van der Waals surface area (Å²) in [7, 11) is 1.70. The highest BCUT2D eigenvalue weighted by atomic mass is 16.5. The number of benzene rings is 1. The van der Waals surface area contributed by atoms with Crippen molar-refractivity contribution in [3.63, 3.8) is 0 Å². The number of piperidine rings is 1. The molecular weight excluding hydrogens is 250 g/mol. The molecule has 1 aliphatic rings. The third kappa shape index (κ3) is 2.70. The van der Waals surface area contributed by atoms with Gasteiger partial charge in [0.25, 0.3) is 0 Å². The van der Waals surface area contributed by atoms with Crippen molar-refractivity contribution in [3.05, 3.63) is 30.5 Å². The Morgan fingerprint density at radius 3 is 3.05 bits per heavy atom. The van der Waals surface area contributed by atoms with E-state index in [0.717, 1.165) is 35.4 Å². The van der Waals surface area contributed by atoms with Crippen LogP contribution < -0.4 is 15.4 Å². The van der Waals surface area contributed by atoms with Crippen molar-refractivity contribution in [2.75, 3.05) is 25.5 Å². The predicted molar refractivity (Wildman–Crippen MR) is 82.4 cm³/mol. The molecule has 2 N–H and O–H groups in total. The summed E-state index contributed by atoms with van der Waals surface area (Å²) in [5.41, 5.74) is 0. The molecule has 1 aromatic carbocycles. The molecule has 1 saturated heterocycles. The number of nitrogens with one attached hydrogen (secondary N) is 2. The monoisotopic (exact) mass is 271 g/mol. The van der Waals surface area contributed by atoms with Crippen molar-refractivity contribution in [1.82, 2.24) is 10.3 Å². The summed E-state index contributed by atoms with van der Waals surface area (Å²) in [5, 5.41) is 9.24. The lowest BCUT2D eigenvalue weighted by atomic mass is 10.1. The average molecular weight is 271 g/mol. The van der Waals surface area contributed by atoms with Gasteiger partial charge in [-0.15, -0.1) is 0 Å². The number of fused-ring (bicyclic) bond motifs is 1. The number of hydrogen-bond donors (Lipinski definition) is 2. The Morgan fingerprint density at radius 1 is 1.30 bits per heavy atom. The molecule has 1 unspecified atom stereocenters. The second kappa shape index (κ2) is 6.09. The molecule has 2 heterocycles. The fourth-order valence-electron chi connectivity index (χ4n) is 2.82. The van der Waals surface area contributed by atoms with Gasteiger partial charge in [-0.25, -0.2) is 4.98 Å². The Hall–Kier alpha value is -1.81. The maximum atomic E-state index is 5.41. The summed E-state index contributed by atoms with van der Waals surface area (Å²) >= 11 is 0. The molecular formula is C16H21N3O. The number of nitrogens with zero attached hydrogens (tertiary/aromatic N) is 1. The van der Waals surface area contributed by atoms with Gasteiger partial charge in [0.15, 0.2) is 0 Å². The Bertz CT molecular complexity index is 579. The highest BCUT2D eigenvalue weighted by Crippen LogP contribution is 2.29. The van der Waals surface area contributed by atoms with Crippen LogP contribution in [0, 0.1) is 0 Å². The van der Waals surface area contributed by atoms with Gasteiger partial charge in [-0.05, 0) is 31.5 Å². The van der Waals surface area contributed by atoms with Crippen LogP contribution in [0.15, 0.2) is 30.5 Å². The first-order valence-corrected chi connectivity index (χ1v) is 7.27. The van der Waals surface area contributed by atoms with Gasteiger partial charge >= 0.3 is 0 Å². The molecule has 1 fully saturated rings. The van der Waals surface area contributed by atoms with E-state index in [1.54, 1.807) is 7.11 Å². The van der Waals surface area contributed by atoms with E-state index < -0.39 is 0 Å². The van der Waals surface area contributed by atoms with Crippen molar-refractivity contribution >= 4 is 16.6 Å². The zero-order chi connectivity index (χ0) is 13.8. The van der Waals surface area contributed by atoms with Crippen LogP contribution in [0.2, 0.25) is 0 Å². The lowest BCUT2D eigenvalue weighted by molar-refractivity contribution is 0.414. The number of rotatable bonds is 4. The van der Waals surface area contributed by atoms with Gasteiger partial charge in [-0.3, -0.25) is 0 Å². The number of methoxy groups -OCH3 is 1. The number of pyridine rings is 1. The van der Waals surface area contributed by atoms with Crippen LogP contribution in [-0.4, -0.2) is 31.2 Å². The van der Waals surface area contributed by atoms with E-state index in [1.165, 1.54) is 19.3 Å². The van der Waals surface area contributed by atoms with Gasteiger partial charge < -0.3 is 15.4 Å². The minimum atomic E-state index is 0.548. The maximum absolute atomic E-state index is 5.41. The molecule has 3 rings (SSSR count). The van der Waals surface area contributed by atoms with Crippen molar-refractivity contribution in [2.45, 2.75) is 25.3 Å². The van der Waals surface area contributed by atoms with Crippen molar-refractivity contribution in [3.8, 4) is 5.75 Å². The van der Waals surface area contributed by atoms with Crippen LogP contribution >= 0.6 is 0 Å². The van der Waals surface area contributed by atoms with Crippen LogP contribution in [0.1, 0.15) is 19.3 Å². The molecule has 1 atom stereocenters. The molecule has 2 aromatic rings. The molecule has 0 radical (unpaired) electrons. The largest absolute Gasteiger partial charge is 0.496 e. The smallest absolute Gasteiger partial charge is 0.134 e. The Kier molecular flexibility index (Phi) is 4.02. The second-order valence-corrected chi connectivity index (χ2v) is 5.24. The first kappa shape index (κ1) is 13.2.